The Labute approximate surface area is 252 Å². The molecule has 234 valence electrons. The summed E-state index contributed by atoms with van der Waals surface area (Å²) in [5.74, 6) is 0.0350. The predicted molar refractivity (Wildman–Crippen MR) is 157 cm³/mol. The van der Waals surface area contributed by atoms with E-state index in [1.165, 1.54) is 0 Å². The lowest BCUT2D eigenvalue weighted by atomic mass is 9.96. The third-order valence-electron chi connectivity index (χ3n) is 7.23. The molecule has 2 aliphatic heterocycles. The summed E-state index contributed by atoms with van der Waals surface area (Å²) in [5, 5.41) is 15.3. The van der Waals surface area contributed by atoms with E-state index in [1.807, 2.05) is 30.3 Å². The normalized spacial score (nSPS) is 21.1. The molecule has 3 N–H and O–H groups in total. The van der Waals surface area contributed by atoms with Crippen LogP contribution in [0.2, 0.25) is 0 Å². The number of nitrogens with one attached hydrogen (secondary N) is 2. The van der Waals surface area contributed by atoms with Gasteiger partial charge >= 0.3 is 12.2 Å². The van der Waals surface area contributed by atoms with Crippen molar-refractivity contribution in [1.82, 2.24) is 15.2 Å². The molecule has 4 rings (SSSR count). The minimum atomic E-state index is -0.611. The van der Waals surface area contributed by atoms with E-state index in [4.69, 9.17) is 18.9 Å². The molecule has 2 saturated heterocycles. The fourth-order valence-electron chi connectivity index (χ4n) is 4.97. The van der Waals surface area contributed by atoms with Crippen LogP contribution >= 0.6 is 0 Å². The lowest BCUT2D eigenvalue weighted by molar-refractivity contribution is -0.177. The second-order valence-corrected chi connectivity index (χ2v) is 11.7. The van der Waals surface area contributed by atoms with Crippen LogP contribution in [0, 0.1) is 5.92 Å². The molecule has 0 radical (unpaired) electrons. The van der Waals surface area contributed by atoms with Crippen molar-refractivity contribution in [2.75, 3.05) is 31.6 Å². The molecular weight excluding hydrogens is 556 g/mol. The van der Waals surface area contributed by atoms with Crippen LogP contribution in [0.1, 0.15) is 51.2 Å². The number of hydrogen-bond acceptors (Lipinski definition) is 9. The first kappa shape index (κ1) is 32.2. The number of carbonyl (C=O) groups excluding carboxylic acids is 3. The lowest BCUT2D eigenvalue weighted by Gasteiger charge is -2.38. The first-order chi connectivity index (χ1) is 20.6. The maximum absolute atomic E-state index is 13.0. The molecule has 12 heteroatoms. The van der Waals surface area contributed by atoms with Crippen molar-refractivity contribution < 1.29 is 38.4 Å². The molecule has 2 fully saturated rings. The predicted octanol–water partition coefficient (Wildman–Crippen LogP) is 3.63. The topological polar surface area (TPSA) is 149 Å². The van der Waals surface area contributed by atoms with E-state index in [2.05, 4.69) is 15.6 Å². The molecule has 0 unspecified atom stereocenters. The number of aliphatic hydroxyl groups is 1. The molecule has 0 aliphatic carbocycles. The summed E-state index contributed by atoms with van der Waals surface area (Å²) in [6.45, 7) is 6.84. The fourth-order valence-corrected chi connectivity index (χ4v) is 4.97. The molecular formula is C31H42N4O8. The van der Waals surface area contributed by atoms with E-state index in [0.29, 0.717) is 57.9 Å². The number of likely N-dealkylation sites (tertiary alicyclic amines) is 1. The quantitative estimate of drug-likeness (QED) is 0.393. The van der Waals surface area contributed by atoms with Gasteiger partial charge < -0.3 is 34.3 Å². The molecule has 3 heterocycles. The van der Waals surface area contributed by atoms with Gasteiger partial charge in [0.05, 0.1) is 19.8 Å². The van der Waals surface area contributed by atoms with E-state index in [1.54, 1.807) is 44.0 Å². The van der Waals surface area contributed by atoms with Crippen LogP contribution < -0.4 is 10.6 Å². The SMILES string of the molecule is CC(C)(C)OC(=O)Nc1ccc(CNC(=O)C2CCN(C(=O)O[C@@H]3CCO[C@H](CO)[C@H]3OCc3ccccc3)CC2)cn1. The zero-order valence-electron chi connectivity index (χ0n) is 25.0. The van der Waals surface area contributed by atoms with Crippen molar-refractivity contribution in [2.24, 2.45) is 5.92 Å². The molecule has 0 spiro atoms. The van der Waals surface area contributed by atoms with Crippen molar-refractivity contribution in [1.29, 1.82) is 0 Å². The highest BCUT2D eigenvalue weighted by Crippen LogP contribution is 2.25. The van der Waals surface area contributed by atoms with E-state index in [-0.39, 0.29) is 18.4 Å². The Bertz CT molecular complexity index is 1200. The van der Waals surface area contributed by atoms with Crippen LogP contribution in [0.3, 0.4) is 0 Å². The minimum Gasteiger partial charge on any atom is -0.444 e. The molecule has 12 nitrogen and oxygen atoms in total. The maximum Gasteiger partial charge on any atom is 0.413 e. The number of hydrogen-bond donors (Lipinski definition) is 3. The van der Waals surface area contributed by atoms with Gasteiger partial charge in [0.2, 0.25) is 5.91 Å². The smallest absolute Gasteiger partial charge is 0.413 e. The Kier molecular flexibility index (Phi) is 11.3. The second kappa shape index (κ2) is 15.1. The van der Waals surface area contributed by atoms with Gasteiger partial charge in [0.25, 0.3) is 0 Å². The van der Waals surface area contributed by atoms with Crippen LogP contribution in [0.4, 0.5) is 15.4 Å². The number of ether oxygens (including phenoxy) is 4. The van der Waals surface area contributed by atoms with Crippen molar-refractivity contribution in [3.8, 4) is 0 Å². The molecule has 0 saturated carbocycles. The molecule has 3 atom stereocenters. The molecule has 2 aromatic rings. The summed E-state index contributed by atoms with van der Waals surface area (Å²) < 4.78 is 22.8. The Hall–Kier alpha value is -3.74. The number of rotatable bonds is 9. The molecule has 43 heavy (non-hydrogen) atoms. The van der Waals surface area contributed by atoms with Gasteiger partial charge in [-0.15, -0.1) is 0 Å². The van der Waals surface area contributed by atoms with E-state index >= 15 is 0 Å². The Morgan fingerprint density at radius 2 is 1.79 bits per heavy atom. The number of aliphatic hydroxyl groups excluding tert-OH is 1. The standard InChI is InChI=1S/C31H42N4O8/c1-31(2,3)43-29(38)34-26-10-9-22(17-32-26)18-33-28(37)23-11-14-35(15-12-23)30(39)42-24-13-16-40-25(19-36)27(24)41-20-21-7-5-4-6-8-21/h4-10,17,23-25,27,36H,11-16,18-20H2,1-3H3,(H,33,37)(H,32,34,38)/t24-,25-,27+/m1/s1. The Balaban J connectivity index is 1.20. The van der Waals surface area contributed by atoms with E-state index in [0.717, 1.165) is 11.1 Å². The van der Waals surface area contributed by atoms with Crippen LogP contribution in [-0.2, 0) is 36.9 Å². The highest BCUT2D eigenvalue weighted by atomic mass is 16.6. The van der Waals surface area contributed by atoms with Crippen LogP contribution in [0.25, 0.3) is 0 Å². The zero-order valence-corrected chi connectivity index (χ0v) is 25.0. The van der Waals surface area contributed by atoms with E-state index in [9.17, 15) is 19.5 Å². The highest BCUT2D eigenvalue weighted by molar-refractivity contribution is 5.83. The van der Waals surface area contributed by atoms with Gasteiger partial charge in [-0.25, -0.2) is 14.6 Å². The highest BCUT2D eigenvalue weighted by Gasteiger charge is 2.39. The second-order valence-electron chi connectivity index (χ2n) is 11.7. The first-order valence-electron chi connectivity index (χ1n) is 14.7. The first-order valence-corrected chi connectivity index (χ1v) is 14.7. The van der Waals surface area contributed by atoms with E-state index < -0.39 is 36.1 Å². The molecule has 0 bridgehead atoms. The number of benzene rings is 1. The number of pyridine rings is 1. The van der Waals surface area contributed by atoms with Crippen LogP contribution in [0.5, 0.6) is 0 Å². The minimum absolute atomic E-state index is 0.0893. The van der Waals surface area contributed by atoms with Gasteiger partial charge in [0.15, 0.2) is 0 Å². The summed E-state index contributed by atoms with van der Waals surface area (Å²) in [6, 6.07) is 13.1. The Morgan fingerprint density at radius 1 is 1.05 bits per heavy atom. The lowest BCUT2D eigenvalue weighted by Crippen LogP contribution is -2.51. The summed E-state index contributed by atoms with van der Waals surface area (Å²) in [6.07, 6.45) is 0.296. The van der Waals surface area contributed by atoms with Gasteiger partial charge in [-0.2, -0.15) is 0 Å². The molecule has 1 aromatic carbocycles. The number of carbonyl (C=O) groups is 3. The molecule has 2 aliphatic rings. The number of amides is 3. The molecule has 3 amide bonds. The van der Waals surface area contributed by atoms with Crippen molar-refractivity contribution in [3.05, 3.63) is 59.8 Å². The average Bonchev–Trinajstić information content (AvgIpc) is 2.99. The van der Waals surface area contributed by atoms with Crippen molar-refractivity contribution in [2.45, 2.75) is 77.1 Å². The molecule has 1 aromatic heterocycles. The third-order valence-corrected chi connectivity index (χ3v) is 7.23. The van der Waals surface area contributed by atoms with Gasteiger partial charge in [0.1, 0.15) is 29.7 Å². The zero-order chi connectivity index (χ0) is 30.8. The van der Waals surface area contributed by atoms with Gasteiger partial charge in [-0.1, -0.05) is 36.4 Å². The van der Waals surface area contributed by atoms with Crippen molar-refractivity contribution in [3.63, 3.8) is 0 Å². The number of aromatic nitrogens is 1. The third kappa shape index (κ3) is 9.91. The number of nitrogens with zero attached hydrogens (tertiary/aromatic N) is 2. The number of piperidine rings is 1. The Morgan fingerprint density at radius 3 is 2.44 bits per heavy atom. The van der Waals surface area contributed by atoms with Crippen LogP contribution in [-0.4, -0.2) is 83.3 Å². The monoisotopic (exact) mass is 598 g/mol. The fraction of sp³-hybridized carbons (Fsp3) is 0.548. The summed E-state index contributed by atoms with van der Waals surface area (Å²) in [5.41, 5.74) is 1.14. The van der Waals surface area contributed by atoms with Crippen LogP contribution in [0.15, 0.2) is 48.7 Å². The maximum atomic E-state index is 13.0. The number of anilines is 1. The average molecular weight is 599 g/mol. The summed E-state index contributed by atoms with van der Waals surface area (Å²) in [7, 11) is 0. The van der Waals surface area contributed by atoms with Gasteiger partial charge in [0, 0.05) is 38.2 Å². The summed E-state index contributed by atoms with van der Waals surface area (Å²) >= 11 is 0. The van der Waals surface area contributed by atoms with Gasteiger partial charge in [-0.3, -0.25) is 10.1 Å². The summed E-state index contributed by atoms with van der Waals surface area (Å²) in [4.78, 5) is 43.6. The van der Waals surface area contributed by atoms with Gasteiger partial charge in [-0.05, 0) is 50.8 Å². The van der Waals surface area contributed by atoms with Crippen molar-refractivity contribution >= 4 is 23.9 Å². The largest absolute Gasteiger partial charge is 0.444 e.